The number of anilines is 1. The molecule has 1 aliphatic heterocycles. The summed E-state index contributed by atoms with van der Waals surface area (Å²) < 4.78 is 20.6. The number of nitrogens with zero attached hydrogens (tertiary/aromatic N) is 2. The minimum absolute atomic E-state index is 0.0675. The molecule has 0 radical (unpaired) electrons. The van der Waals surface area contributed by atoms with Crippen molar-refractivity contribution in [3.63, 3.8) is 0 Å². The van der Waals surface area contributed by atoms with Gasteiger partial charge in [0, 0.05) is 30.6 Å². The lowest BCUT2D eigenvalue weighted by atomic mass is 9.52. The smallest absolute Gasteiger partial charge is 0.238 e. The Morgan fingerprint density at radius 1 is 1.20 bits per heavy atom. The molecule has 0 spiro atoms. The number of rotatable bonds is 5. The number of phenols is 1. The van der Waals surface area contributed by atoms with Gasteiger partial charge in [-0.05, 0) is 32.9 Å². The molecule has 2 saturated carbocycles. The number of likely N-dealkylation sites (N-methyl/N-ethyl adjacent to an activating group) is 1. The van der Waals surface area contributed by atoms with E-state index < -0.39 is 87.4 Å². The lowest BCUT2D eigenvalue weighted by Gasteiger charge is -2.52. The number of aromatic hydroxyl groups is 1. The molecule has 0 aromatic heterocycles. The molecule has 5 rings (SSSR count). The number of fused-ring (bicyclic) bond motifs is 3. The van der Waals surface area contributed by atoms with E-state index in [4.69, 9.17) is 10.5 Å². The van der Waals surface area contributed by atoms with Crippen molar-refractivity contribution in [3.05, 3.63) is 23.0 Å². The van der Waals surface area contributed by atoms with Gasteiger partial charge < -0.3 is 26.0 Å². The zero-order chi connectivity index (χ0) is 30.0. The van der Waals surface area contributed by atoms with E-state index in [0.717, 1.165) is 6.07 Å². The highest BCUT2D eigenvalue weighted by Gasteiger charge is 2.69. The van der Waals surface area contributed by atoms with Crippen molar-refractivity contribution in [2.75, 3.05) is 52.3 Å². The van der Waals surface area contributed by atoms with Crippen molar-refractivity contribution in [3.8, 4) is 5.75 Å². The molecule has 2 unspecified atom stereocenters. The summed E-state index contributed by atoms with van der Waals surface area (Å²) in [4.78, 5) is 81.8. The number of ether oxygens (including phenoxy) is 1. The highest BCUT2D eigenvalue weighted by molar-refractivity contribution is 6.32. The number of amides is 2. The number of Topliss-reactive ketones (excluding diaryl/α,β-unsaturated/α-hetero) is 4. The Hall–Kier alpha value is -3.59. The van der Waals surface area contributed by atoms with Gasteiger partial charge in [0.15, 0.2) is 34.7 Å². The largest absolute Gasteiger partial charge is 0.505 e. The number of nitrogens with one attached hydrogen (secondary N) is 1. The van der Waals surface area contributed by atoms with Gasteiger partial charge in [-0.1, -0.05) is 0 Å². The highest BCUT2D eigenvalue weighted by Crippen LogP contribution is 2.51. The third-order valence-corrected chi connectivity index (χ3v) is 8.75. The molecule has 1 aromatic carbocycles. The number of hydrogen-bond donors (Lipinski definition) is 4. The van der Waals surface area contributed by atoms with Crippen LogP contribution in [0.5, 0.6) is 5.75 Å². The number of carbonyl (C=O) groups is 6. The summed E-state index contributed by atoms with van der Waals surface area (Å²) in [5.74, 6) is -14.0. The van der Waals surface area contributed by atoms with Crippen LogP contribution in [-0.2, 0) is 35.1 Å². The third-order valence-electron chi connectivity index (χ3n) is 8.75. The zero-order valence-corrected chi connectivity index (χ0v) is 22.5. The van der Waals surface area contributed by atoms with Crippen molar-refractivity contribution in [2.45, 2.75) is 24.5 Å². The van der Waals surface area contributed by atoms with Gasteiger partial charge in [0.2, 0.25) is 11.8 Å². The molecule has 14 heteroatoms. The van der Waals surface area contributed by atoms with Crippen LogP contribution in [0.3, 0.4) is 0 Å². The van der Waals surface area contributed by atoms with Gasteiger partial charge in [0.05, 0.1) is 43.0 Å². The lowest BCUT2D eigenvalue weighted by Crippen LogP contribution is -2.74. The fraction of sp³-hybridized carbons (Fsp3) is 0.556. The molecule has 3 aliphatic carbocycles. The Labute approximate surface area is 233 Å². The first-order valence-corrected chi connectivity index (χ1v) is 13.3. The molecule has 1 heterocycles. The van der Waals surface area contributed by atoms with E-state index in [2.05, 4.69) is 5.32 Å². The number of nitrogens with two attached hydrogens (primary N) is 1. The van der Waals surface area contributed by atoms with Crippen molar-refractivity contribution < 1.29 is 48.1 Å². The van der Waals surface area contributed by atoms with Gasteiger partial charge >= 0.3 is 0 Å². The summed E-state index contributed by atoms with van der Waals surface area (Å²) in [5, 5.41) is 25.0. The quantitative estimate of drug-likeness (QED) is 0.231. The second kappa shape index (κ2) is 10.4. The molecule has 1 saturated heterocycles. The van der Waals surface area contributed by atoms with Crippen molar-refractivity contribution in [1.29, 1.82) is 0 Å². The SMILES string of the molecule is CN(C)[C@@H]1C(=O)C(C(N)=O)C(=O)[C@@]2(O)C(=O)C3C(=O)c4c(O)c(NC(=O)CN5CCOCC5)cc(F)c4C[C@H]3C[C@@H]12. The maximum atomic E-state index is 15.4. The second-order valence-corrected chi connectivity index (χ2v) is 11.3. The van der Waals surface area contributed by atoms with Crippen LogP contribution in [0.25, 0.3) is 0 Å². The van der Waals surface area contributed by atoms with E-state index in [9.17, 15) is 39.0 Å². The Morgan fingerprint density at radius 3 is 2.46 bits per heavy atom. The average Bonchev–Trinajstić information content (AvgIpc) is 2.89. The summed E-state index contributed by atoms with van der Waals surface area (Å²) in [5.41, 5.74) is 1.35. The van der Waals surface area contributed by atoms with E-state index in [0.29, 0.717) is 26.3 Å². The maximum Gasteiger partial charge on any atom is 0.238 e. The molecule has 0 bridgehead atoms. The van der Waals surface area contributed by atoms with Gasteiger partial charge in [0.25, 0.3) is 0 Å². The summed E-state index contributed by atoms with van der Waals surface area (Å²) >= 11 is 0. The van der Waals surface area contributed by atoms with E-state index in [1.165, 1.54) is 19.0 Å². The van der Waals surface area contributed by atoms with Crippen LogP contribution in [-0.4, -0.2) is 114 Å². The maximum absolute atomic E-state index is 15.4. The summed E-state index contributed by atoms with van der Waals surface area (Å²) in [7, 11) is 2.95. The van der Waals surface area contributed by atoms with Crippen molar-refractivity contribution in [2.24, 2.45) is 29.4 Å². The topological polar surface area (TPSA) is 197 Å². The minimum atomic E-state index is -2.88. The molecule has 13 nitrogen and oxygen atoms in total. The van der Waals surface area contributed by atoms with Crippen LogP contribution in [0, 0.1) is 29.5 Å². The van der Waals surface area contributed by atoms with E-state index >= 15 is 4.39 Å². The summed E-state index contributed by atoms with van der Waals surface area (Å²) in [6.07, 6.45) is -0.407. The van der Waals surface area contributed by atoms with Gasteiger partial charge in [-0.15, -0.1) is 0 Å². The molecule has 3 fully saturated rings. The number of morpholine rings is 1. The van der Waals surface area contributed by atoms with Crippen LogP contribution < -0.4 is 11.1 Å². The van der Waals surface area contributed by atoms with E-state index in [1.807, 2.05) is 0 Å². The monoisotopic (exact) mass is 574 g/mol. The zero-order valence-electron chi connectivity index (χ0n) is 22.5. The Bertz CT molecular complexity index is 1370. The van der Waals surface area contributed by atoms with Crippen LogP contribution in [0.2, 0.25) is 0 Å². The highest BCUT2D eigenvalue weighted by atomic mass is 19.1. The number of phenolic OH excluding ortho intramolecular Hbond substituents is 1. The molecule has 5 N–H and O–H groups in total. The fourth-order valence-corrected chi connectivity index (χ4v) is 6.87. The number of aliphatic hydroxyl groups is 1. The molecular formula is C27H31FN4O9. The fourth-order valence-electron chi connectivity index (χ4n) is 6.87. The molecule has 1 aromatic rings. The van der Waals surface area contributed by atoms with Crippen LogP contribution in [0.15, 0.2) is 6.07 Å². The first kappa shape index (κ1) is 28.9. The van der Waals surface area contributed by atoms with Crippen molar-refractivity contribution >= 4 is 40.6 Å². The normalized spacial score (nSPS) is 31.9. The molecule has 6 atom stereocenters. The standard InChI is InChI=1S/C27H31FN4O9/c1-31(2)20-13-8-11-7-12-14(28)9-15(30-16(33)10-32-3-5-41-6-4-32)21(34)18(12)22(35)17(11)24(37)27(13,40)25(38)19(23(20)36)26(29)39/h9,11,13,17,19-20,34,40H,3-8,10H2,1-2H3,(H2,29,39)(H,30,33)/t11-,13-,17?,19?,20-,27-/m0/s1. The molecule has 4 aliphatic rings. The Morgan fingerprint density at radius 2 is 1.85 bits per heavy atom. The minimum Gasteiger partial charge on any atom is -0.505 e. The van der Waals surface area contributed by atoms with Gasteiger partial charge in [0.1, 0.15) is 11.6 Å². The molecule has 220 valence electrons. The number of halogens is 1. The van der Waals surface area contributed by atoms with Crippen LogP contribution in [0.4, 0.5) is 10.1 Å². The average molecular weight is 575 g/mol. The second-order valence-electron chi connectivity index (χ2n) is 11.3. The van der Waals surface area contributed by atoms with Crippen LogP contribution >= 0.6 is 0 Å². The van der Waals surface area contributed by atoms with Crippen LogP contribution in [0.1, 0.15) is 22.3 Å². The van der Waals surface area contributed by atoms with Crippen molar-refractivity contribution in [1.82, 2.24) is 9.80 Å². The Kier molecular flexibility index (Phi) is 7.30. The van der Waals surface area contributed by atoms with Gasteiger partial charge in [-0.2, -0.15) is 0 Å². The van der Waals surface area contributed by atoms with Gasteiger partial charge in [-0.25, -0.2) is 4.39 Å². The molecule has 41 heavy (non-hydrogen) atoms. The van der Waals surface area contributed by atoms with E-state index in [-0.39, 0.29) is 30.6 Å². The predicted octanol–water partition coefficient (Wildman–Crippen LogP) is -1.72. The first-order chi connectivity index (χ1) is 19.3. The van der Waals surface area contributed by atoms with Gasteiger partial charge in [-0.3, -0.25) is 38.6 Å². The molecule has 2 amide bonds. The number of carbonyl (C=O) groups excluding carboxylic acids is 6. The van der Waals surface area contributed by atoms with E-state index in [1.54, 1.807) is 4.90 Å². The summed E-state index contributed by atoms with van der Waals surface area (Å²) in [6, 6.07) is -0.354. The number of primary amides is 1. The predicted molar refractivity (Wildman–Crippen MR) is 137 cm³/mol. The number of ketones is 4. The number of benzene rings is 1. The first-order valence-electron chi connectivity index (χ1n) is 13.3. The number of hydrogen-bond acceptors (Lipinski definition) is 11. The molecular weight excluding hydrogens is 543 g/mol. The Balaban J connectivity index is 1.50. The lowest BCUT2D eigenvalue weighted by molar-refractivity contribution is -0.181. The third kappa shape index (κ3) is 4.45. The summed E-state index contributed by atoms with van der Waals surface area (Å²) in [6.45, 7) is 1.82.